The number of thiophene rings is 2. The van der Waals surface area contributed by atoms with Gasteiger partial charge in [-0.1, -0.05) is 0 Å². The summed E-state index contributed by atoms with van der Waals surface area (Å²) in [6, 6.07) is 33.3. The van der Waals surface area contributed by atoms with Gasteiger partial charge >= 0.3 is 322 Å². The van der Waals surface area contributed by atoms with Gasteiger partial charge in [-0.25, -0.2) is 0 Å². The molecule has 0 bridgehead atoms. The Morgan fingerprint density at radius 1 is 0.608 bits per heavy atom. The summed E-state index contributed by atoms with van der Waals surface area (Å²) in [6.07, 6.45) is 13.8. The summed E-state index contributed by atoms with van der Waals surface area (Å²) in [5.41, 5.74) is 7.22. The van der Waals surface area contributed by atoms with Gasteiger partial charge in [0, 0.05) is 0 Å². The molecule has 2 nitrogen and oxygen atoms in total. The Bertz CT molecular complexity index is 1670. The zero-order valence-corrected chi connectivity index (χ0v) is 35.6. The molecule has 0 aliphatic rings. The van der Waals surface area contributed by atoms with E-state index in [4.69, 9.17) is 9.47 Å². The zero-order chi connectivity index (χ0) is 35.9. The van der Waals surface area contributed by atoms with Gasteiger partial charge in [-0.15, -0.1) is 0 Å². The molecule has 0 N–H and O–H groups in total. The Balaban J connectivity index is 1.61. The van der Waals surface area contributed by atoms with Gasteiger partial charge < -0.3 is 0 Å². The number of ether oxygens (including phenoxy) is 2. The fourth-order valence-electron chi connectivity index (χ4n) is 7.27. The molecule has 0 amide bonds. The molecule has 0 saturated carbocycles. The first-order chi connectivity index (χ1) is 25.0. The number of unbranched alkanes of at least 4 members (excludes halogenated alkanes) is 6. The molecule has 0 radical (unpaired) electrons. The van der Waals surface area contributed by atoms with Gasteiger partial charge in [0.2, 0.25) is 0 Å². The van der Waals surface area contributed by atoms with Crippen molar-refractivity contribution in [2.75, 3.05) is 19.8 Å². The van der Waals surface area contributed by atoms with Crippen molar-refractivity contribution in [3.63, 3.8) is 0 Å². The number of aryl methyl sites for hydroxylation is 5. The average molecular weight is 782 g/mol. The molecular weight excluding hydrogens is 721 g/mol. The number of benzene rings is 3. The van der Waals surface area contributed by atoms with Gasteiger partial charge in [0.25, 0.3) is 0 Å². The Kier molecular flexibility index (Phi) is 16.0. The molecule has 5 heteroatoms. The van der Waals surface area contributed by atoms with Crippen LogP contribution in [0.25, 0.3) is 9.75 Å². The van der Waals surface area contributed by atoms with E-state index in [0.29, 0.717) is 13.2 Å². The Morgan fingerprint density at radius 3 is 1.80 bits per heavy atom. The van der Waals surface area contributed by atoms with Crippen molar-refractivity contribution in [1.29, 1.82) is 0 Å². The zero-order valence-electron chi connectivity index (χ0n) is 31.9. The molecule has 5 aromatic rings. The summed E-state index contributed by atoms with van der Waals surface area (Å²) in [5.74, 6) is 0.919. The van der Waals surface area contributed by atoms with Crippen LogP contribution in [0, 0.1) is 13.8 Å². The van der Waals surface area contributed by atoms with E-state index in [0.717, 1.165) is 18.8 Å². The maximum atomic E-state index is 5.98. The summed E-state index contributed by atoms with van der Waals surface area (Å²) in [6.45, 7) is 13.0. The summed E-state index contributed by atoms with van der Waals surface area (Å²) >= 11 is 0.866. The molecule has 0 aliphatic carbocycles. The molecule has 3 aromatic carbocycles. The van der Waals surface area contributed by atoms with Crippen LogP contribution in [0.1, 0.15) is 100.0 Å². The number of hydrogen-bond donors (Lipinski definition) is 0. The third kappa shape index (κ3) is 10.7. The van der Waals surface area contributed by atoms with Crippen molar-refractivity contribution in [3.8, 4) is 15.5 Å². The summed E-state index contributed by atoms with van der Waals surface area (Å²) in [5, 5.41) is 3.51. The maximum absolute atomic E-state index is 5.98. The Morgan fingerprint density at radius 2 is 1.22 bits per heavy atom. The van der Waals surface area contributed by atoms with Crippen LogP contribution in [0.3, 0.4) is 0 Å². The van der Waals surface area contributed by atoms with E-state index in [1.807, 2.05) is 18.3 Å². The summed E-state index contributed by atoms with van der Waals surface area (Å²) in [7, 11) is 0. The van der Waals surface area contributed by atoms with E-state index >= 15 is 0 Å². The minimum atomic E-state index is -3.25. The third-order valence-corrected chi connectivity index (χ3v) is 24.8. The van der Waals surface area contributed by atoms with E-state index in [9.17, 15) is 0 Å². The van der Waals surface area contributed by atoms with E-state index in [1.54, 1.807) is 23.6 Å². The first-order valence-corrected chi connectivity index (χ1v) is 25.9. The molecule has 0 fully saturated rings. The SMILES string of the molecule is CCCCCCc1ccsc1-c1cc(CCCCCC)[c]([Ge]([CH2]Cc2ccc(OCCOCC)cc2)([c]2ccc(C)cc2)[c]2ccc(C)cc2)s1. The van der Waals surface area contributed by atoms with Gasteiger partial charge in [0.05, 0.1) is 0 Å². The van der Waals surface area contributed by atoms with Crippen LogP contribution in [0.5, 0.6) is 5.75 Å². The predicted molar refractivity (Wildman–Crippen MR) is 227 cm³/mol. The first kappa shape index (κ1) is 39.6. The van der Waals surface area contributed by atoms with Crippen LogP contribution >= 0.6 is 22.7 Å². The first-order valence-electron chi connectivity index (χ1n) is 19.6. The third-order valence-electron chi connectivity index (χ3n) is 10.3. The quantitative estimate of drug-likeness (QED) is 0.0514. The normalized spacial score (nSPS) is 11.7. The van der Waals surface area contributed by atoms with E-state index in [1.165, 1.54) is 95.9 Å². The molecule has 2 aromatic heterocycles. The molecule has 0 atom stereocenters. The van der Waals surface area contributed by atoms with Gasteiger partial charge in [0.15, 0.2) is 0 Å². The van der Waals surface area contributed by atoms with Crippen LogP contribution in [-0.4, -0.2) is 33.1 Å². The van der Waals surface area contributed by atoms with Gasteiger partial charge in [0.1, 0.15) is 0 Å². The standard InChI is InChI=1S/C46H60GeO2S2/c1-6-9-11-13-15-39-30-34-50-45(39)44-35-40(16-14-12-10-7-2)46(51-44)47(41-23-17-36(4)18-24-41,42-25-19-37(5)20-26-42)31-29-38-21-27-43(28-22-38)49-33-32-48-8-3/h17-28,30,34-35H,6-16,29,31-33H2,1-5H3. The van der Waals surface area contributed by atoms with Gasteiger partial charge in [-0.05, 0) is 0 Å². The number of hydrogen-bond acceptors (Lipinski definition) is 4. The molecular formula is C46H60GeO2S2. The van der Waals surface area contributed by atoms with Crippen molar-refractivity contribution < 1.29 is 9.47 Å². The van der Waals surface area contributed by atoms with Crippen LogP contribution in [-0.2, 0) is 24.0 Å². The molecule has 0 spiro atoms. The van der Waals surface area contributed by atoms with Crippen LogP contribution in [0.4, 0.5) is 0 Å². The number of rotatable bonds is 22. The van der Waals surface area contributed by atoms with Gasteiger partial charge in [-0.2, -0.15) is 0 Å². The summed E-state index contributed by atoms with van der Waals surface area (Å²) < 4.78 is 16.3. The van der Waals surface area contributed by atoms with Crippen LogP contribution < -0.4 is 17.2 Å². The second-order valence-corrected chi connectivity index (χ2v) is 25.2. The van der Waals surface area contributed by atoms with Crippen molar-refractivity contribution in [2.45, 2.75) is 111 Å². The second-order valence-electron chi connectivity index (χ2n) is 14.2. The van der Waals surface area contributed by atoms with E-state index in [-0.39, 0.29) is 0 Å². The van der Waals surface area contributed by atoms with Crippen LogP contribution in [0.2, 0.25) is 5.25 Å². The molecule has 5 rings (SSSR count). The van der Waals surface area contributed by atoms with Gasteiger partial charge in [-0.3, -0.25) is 0 Å². The van der Waals surface area contributed by atoms with Crippen molar-refractivity contribution in [3.05, 3.63) is 118 Å². The fourth-order valence-corrected chi connectivity index (χ4v) is 22.6. The molecule has 51 heavy (non-hydrogen) atoms. The van der Waals surface area contributed by atoms with E-state index < -0.39 is 13.3 Å². The Hall–Kier alpha value is -2.64. The van der Waals surface area contributed by atoms with E-state index in [2.05, 4.69) is 129 Å². The predicted octanol–water partition coefficient (Wildman–Crippen LogP) is 11.5. The average Bonchev–Trinajstić information content (AvgIpc) is 3.80. The minimum absolute atomic E-state index is 0.582. The monoisotopic (exact) mass is 782 g/mol. The summed E-state index contributed by atoms with van der Waals surface area (Å²) in [4.78, 5) is 3.01. The topological polar surface area (TPSA) is 18.5 Å². The van der Waals surface area contributed by atoms with Crippen molar-refractivity contribution in [1.82, 2.24) is 0 Å². The van der Waals surface area contributed by atoms with Crippen molar-refractivity contribution >= 4 is 48.4 Å². The molecule has 2 heterocycles. The molecule has 0 unspecified atom stereocenters. The molecule has 0 aliphatic heterocycles. The second kappa shape index (κ2) is 20.6. The fraction of sp³-hybridized carbons (Fsp3) is 0.435. The molecule has 0 saturated heterocycles. The molecule has 272 valence electrons. The Labute approximate surface area is 320 Å². The van der Waals surface area contributed by atoms with Crippen molar-refractivity contribution in [2.24, 2.45) is 0 Å². The van der Waals surface area contributed by atoms with Crippen LogP contribution in [0.15, 0.2) is 90.3 Å².